The molecule has 2 fully saturated rings. The number of benzene rings is 1. The monoisotopic (exact) mass is 437 g/mol. The van der Waals surface area contributed by atoms with Crippen LogP contribution in [0.15, 0.2) is 42.7 Å². The van der Waals surface area contributed by atoms with Crippen molar-refractivity contribution >= 4 is 23.5 Å². The third-order valence-corrected chi connectivity index (χ3v) is 5.98. The van der Waals surface area contributed by atoms with E-state index in [1.54, 1.807) is 18.5 Å². The van der Waals surface area contributed by atoms with Crippen LogP contribution in [0, 0.1) is 0 Å². The molecule has 3 heterocycles. The number of nitrogens with one attached hydrogen (secondary N) is 3. The fourth-order valence-electron chi connectivity index (χ4n) is 4.16. The summed E-state index contributed by atoms with van der Waals surface area (Å²) in [6.45, 7) is 4.91. The van der Waals surface area contributed by atoms with Crippen molar-refractivity contribution in [2.75, 3.05) is 36.4 Å². The third-order valence-electron chi connectivity index (χ3n) is 5.98. The molecule has 0 aliphatic carbocycles. The zero-order chi connectivity index (χ0) is 22.3. The Morgan fingerprint density at radius 2 is 1.78 bits per heavy atom. The van der Waals surface area contributed by atoms with E-state index < -0.39 is 0 Å². The number of hydrazine groups is 1. The van der Waals surface area contributed by atoms with Crippen molar-refractivity contribution < 1.29 is 9.59 Å². The number of hydrogen-bond donors (Lipinski definition) is 3. The van der Waals surface area contributed by atoms with Gasteiger partial charge >= 0.3 is 0 Å². The van der Waals surface area contributed by atoms with Crippen molar-refractivity contribution in [2.24, 2.45) is 0 Å². The van der Waals surface area contributed by atoms with E-state index in [0.717, 1.165) is 43.6 Å². The molecule has 0 spiro atoms. The van der Waals surface area contributed by atoms with Gasteiger partial charge in [-0.3, -0.25) is 15.0 Å². The van der Waals surface area contributed by atoms with Crippen LogP contribution < -0.4 is 21.1 Å². The Balaban J connectivity index is 1.23. The quantitative estimate of drug-likeness (QED) is 0.601. The average molecular weight is 438 g/mol. The maximum Gasteiger partial charge on any atom is 0.242 e. The molecule has 0 bridgehead atoms. The number of carbonyl (C=O) groups excluding carboxylic acids is 2. The molecule has 3 N–H and O–H groups in total. The number of carbonyl (C=O) groups is 2. The minimum Gasteiger partial charge on any atom is -0.339 e. The Kier molecular flexibility index (Phi) is 7.28. The Hall–Kier alpha value is -3.04. The van der Waals surface area contributed by atoms with Crippen LogP contribution in [-0.4, -0.2) is 64.9 Å². The molecule has 0 saturated carbocycles. The van der Waals surface area contributed by atoms with Gasteiger partial charge in [0.15, 0.2) is 0 Å². The molecule has 0 radical (unpaired) electrons. The van der Waals surface area contributed by atoms with Gasteiger partial charge in [-0.15, -0.1) is 0 Å². The van der Waals surface area contributed by atoms with Gasteiger partial charge in [0.2, 0.25) is 17.8 Å². The lowest BCUT2D eigenvalue weighted by atomic mass is 10.1. The fraction of sp³-hybridized carbons (Fsp3) is 0.478. The van der Waals surface area contributed by atoms with Crippen LogP contribution in [0.1, 0.15) is 31.7 Å². The van der Waals surface area contributed by atoms with E-state index in [9.17, 15) is 9.59 Å². The number of piperazine rings is 1. The molecule has 2 saturated heterocycles. The van der Waals surface area contributed by atoms with Gasteiger partial charge in [0.05, 0.1) is 6.42 Å². The summed E-state index contributed by atoms with van der Waals surface area (Å²) in [4.78, 5) is 37.7. The summed E-state index contributed by atoms with van der Waals surface area (Å²) >= 11 is 0. The van der Waals surface area contributed by atoms with Crippen molar-refractivity contribution in [3.8, 4) is 0 Å². The lowest BCUT2D eigenvalue weighted by Crippen LogP contribution is -2.49. The summed E-state index contributed by atoms with van der Waals surface area (Å²) in [7, 11) is 0. The topological polar surface area (TPSA) is 102 Å². The zero-order valence-corrected chi connectivity index (χ0v) is 18.5. The Morgan fingerprint density at radius 1 is 1.06 bits per heavy atom. The van der Waals surface area contributed by atoms with Crippen molar-refractivity contribution in [2.45, 2.75) is 44.7 Å². The fourth-order valence-corrected chi connectivity index (χ4v) is 4.16. The third kappa shape index (κ3) is 5.60. The highest BCUT2D eigenvalue weighted by atomic mass is 16.2. The van der Waals surface area contributed by atoms with Crippen LogP contribution in [0.4, 0.5) is 11.6 Å². The number of aromatic nitrogens is 2. The van der Waals surface area contributed by atoms with E-state index in [1.165, 1.54) is 0 Å². The van der Waals surface area contributed by atoms with Crippen LogP contribution in [-0.2, 0) is 16.0 Å². The van der Waals surface area contributed by atoms with Gasteiger partial charge in [0, 0.05) is 50.3 Å². The number of nitrogens with zero attached hydrogens (tertiary/aromatic N) is 4. The second-order valence-electron chi connectivity index (χ2n) is 8.34. The molecule has 1 aromatic heterocycles. The van der Waals surface area contributed by atoms with Crippen molar-refractivity contribution in [1.82, 2.24) is 25.7 Å². The molecule has 1 aromatic carbocycles. The average Bonchev–Trinajstić information content (AvgIpc) is 3.30. The molecule has 9 heteroatoms. The summed E-state index contributed by atoms with van der Waals surface area (Å²) in [5.41, 5.74) is 7.94. The van der Waals surface area contributed by atoms with Gasteiger partial charge in [0.25, 0.3) is 0 Å². The summed E-state index contributed by atoms with van der Waals surface area (Å²) in [5.74, 6) is 0.778. The molecule has 2 aliphatic heterocycles. The highest BCUT2D eigenvalue weighted by Crippen LogP contribution is 2.16. The molecule has 2 unspecified atom stereocenters. The van der Waals surface area contributed by atoms with Gasteiger partial charge < -0.3 is 15.1 Å². The first-order valence-electron chi connectivity index (χ1n) is 11.3. The van der Waals surface area contributed by atoms with E-state index in [1.807, 2.05) is 29.2 Å². The van der Waals surface area contributed by atoms with Crippen molar-refractivity contribution in [3.63, 3.8) is 0 Å². The lowest BCUT2D eigenvalue weighted by molar-refractivity contribution is -0.130. The molecule has 4 rings (SSSR count). The SMILES string of the molecule is CCCC1CC(C(=O)Nc2ccc(CC(=O)N3CCN(c4ncccn4)CC3)cc2)NN1. The van der Waals surface area contributed by atoms with E-state index in [-0.39, 0.29) is 17.9 Å². The number of anilines is 2. The molecule has 32 heavy (non-hydrogen) atoms. The Labute approximate surface area is 188 Å². The van der Waals surface area contributed by atoms with Crippen LogP contribution in [0.3, 0.4) is 0 Å². The lowest BCUT2D eigenvalue weighted by Gasteiger charge is -2.34. The highest BCUT2D eigenvalue weighted by molar-refractivity contribution is 5.95. The van der Waals surface area contributed by atoms with E-state index in [4.69, 9.17) is 0 Å². The second kappa shape index (κ2) is 10.5. The van der Waals surface area contributed by atoms with Crippen molar-refractivity contribution in [3.05, 3.63) is 48.3 Å². The first-order valence-corrected chi connectivity index (χ1v) is 11.3. The Morgan fingerprint density at radius 3 is 2.47 bits per heavy atom. The van der Waals surface area contributed by atoms with Crippen LogP contribution in [0.5, 0.6) is 0 Å². The molecular formula is C23H31N7O2. The number of amides is 2. The minimum atomic E-state index is -0.229. The minimum absolute atomic E-state index is 0.0415. The maximum atomic E-state index is 12.7. The molecule has 170 valence electrons. The summed E-state index contributed by atoms with van der Waals surface area (Å²) in [5, 5.41) is 2.96. The smallest absolute Gasteiger partial charge is 0.242 e. The first-order chi connectivity index (χ1) is 15.6. The highest BCUT2D eigenvalue weighted by Gasteiger charge is 2.28. The van der Waals surface area contributed by atoms with E-state index in [0.29, 0.717) is 31.5 Å². The van der Waals surface area contributed by atoms with Gasteiger partial charge in [-0.1, -0.05) is 25.5 Å². The predicted molar refractivity (Wildman–Crippen MR) is 123 cm³/mol. The largest absolute Gasteiger partial charge is 0.339 e. The summed E-state index contributed by atoms with van der Waals surface area (Å²) < 4.78 is 0. The molecule has 9 nitrogen and oxygen atoms in total. The molecule has 2 amide bonds. The van der Waals surface area contributed by atoms with Crippen molar-refractivity contribution in [1.29, 1.82) is 0 Å². The molecule has 2 aliphatic rings. The predicted octanol–water partition coefficient (Wildman–Crippen LogP) is 1.34. The molecular weight excluding hydrogens is 406 g/mol. The Bertz CT molecular complexity index is 898. The number of rotatable bonds is 7. The normalized spacial score (nSPS) is 20.9. The maximum absolute atomic E-state index is 12.7. The summed E-state index contributed by atoms with van der Waals surface area (Å²) in [6.07, 6.45) is 6.74. The standard InChI is InChI=1S/C23H31N7O2/c1-2-4-19-16-20(28-27-19)22(32)26-18-7-5-17(6-8-18)15-21(31)29-11-13-30(14-12-29)23-24-9-3-10-25-23/h3,5-10,19-20,27-28H,2,4,11-16H2,1H3,(H,26,32). The molecule has 2 atom stereocenters. The van der Waals surface area contributed by atoms with Crippen LogP contribution >= 0.6 is 0 Å². The molecule has 2 aromatic rings. The van der Waals surface area contributed by atoms with Crippen LogP contribution in [0.25, 0.3) is 0 Å². The van der Waals surface area contributed by atoms with E-state index in [2.05, 4.69) is 38.0 Å². The second-order valence-corrected chi connectivity index (χ2v) is 8.34. The summed E-state index contributed by atoms with van der Waals surface area (Å²) in [6, 6.07) is 9.43. The first kappa shape index (κ1) is 22.2. The van der Waals surface area contributed by atoms with Crippen LogP contribution in [0.2, 0.25) is 0 Å². The van der Waals surface area contributed by atoms with Gasteiger partial charge in [-0.2, -0.15) is 0 Å². The van der Waals surface area contributed by atoms with E-state index >= 15 is 0 Å². The zero-order valence-electron chi connectivity index (χ0n) is 18.5. The number of hydrogen-bond acceptors (Lipinski definition) is 7. The van der Waals surface area contributed by atoms with Gasteiger partial charge in [0.1, 0.15) is 6.04 Å². The van der Waals surface area contributed by atoms with Gasteiger partial charge in [-0.25, -0.2) is 15.4 Å². The van der Waals surface area contributed by atoms with Gasteiger partial charge in [-0.05, 0) is 36.6 Å².